The molecule has 2 N–H and O–H groups in total. The number of carbonyl (C=O) groups is 1. The van der Waals surface area contributed by atoms with Crippen molar-refractivity contribution in [2.45, 2.75) is 13.0 Å². The monoisotopic (exact) mass is 469 g/mol. The van der Waals surface area contributed by atoms with Gasteiger partial charge in [-0.1, -0.05) is 6.07 Å². The number of anilines is 2. The predicted octanol–water partition coefficient (Wildman–Crippen LogP) is 3.68. The molecule has 0 aliphatic carbocycles. The Morgan fingerprint density at radius 2 is 1.86 bits per heavy atom. The molecule has 10 nitrogen and oxygen atoms in total. The number of pyridine rings is 2. The van der Waals surface area contributed by atoms with Crippen LogP contribution in [0.2, 0.25) is 0 Å². The fourth-order valence-corrected chi connectivity index (χ4v) is 3.95. The molecule has 1 aliphatic heterocycles. The molecule has 0 saturated carbocycles. The quantitative estimate of drug-likeness (QED) is 0.439. The van der Waals surface area contributed by atoms with Gasteiger partial charge in [0.05, 0.1) is 37.4 Å². The van der Waals surface area contributed by atoms with Gasteiger partial charge in [0.25, 0.3) is 5.91 Å². The van der Waals surface area contributed by atoms with Crippen LogP contribution < -0.4 is 20.1 Å². The van der Waals surface area contributed by atoms with Crippen LogP contribution in [0.25, 0.3) is 11.4 Å². The number of methoxy groups -OCH3 is 2. The van der Waals surface area contributed by atoms with Crippen LogP contribution in [0.15, 0.2) is 78.4 Å². The third kappa shape index (κ3) is 4.29. The van der Waals surface area contributed by atoms with Gasteiger partial charge in [-0.25, -0.2) is 4.68 Å². The van der Waals surface area contributed by atoms with E-state index in [2.05, 4.69) is 20.6 Å². The second-order valence-electron chi connectivity index (χ2n) is 7.82. The number of amides is 1. The Bertz CT molecular complexity index is 1380. The second-order valence-corrected chi connectivity index (χ2v) is 7.82. The van der Waals surface area contributed by atoms with Crippen molar-refractivity contribution in [3.8, 4) is 22.9 Å². The molecule has 1 atom stereocenters. The van der Waals surface area contributed by atoms with Gasteiger partial charge in [-0.15, -0.1) is 5.10 Å². The minimum atomic E-state index is -0.599. The molecule has 10 heteroatoms. The molecule has 0 saturated heterocycles. The molecule has 0 spiro atoms. The lowest BCUT2D eigenvalue weighted by Gasteiger charge is -2.27. The van der Waals surface area contributed by atoms with Crippen LogP contribution in [0, 0.1) is 0 Å². The highest BCUT2D eigenvalue weighted by Crippen LogP contribution is 2.37. The fourth-order valence-electron chi connectivity index (χ4n) is 3.95. The first-order valence-corrected chi connectivity index (χ1v) is 10.9. The van der Waals surface area contributed by atoms with Crippen molar-refractivity contribution in [3.63, 3.8) is 0 Å². The Kier molecular flexibility index (Phi) is 5.84. The van der Waals surface area contributed by atoms with Crippen molar-refractivity contribution in [2.75, 3.05) is 24.9 Å². The molecule has 3 aromatic heterocycles. The Morgan fingerprint density at radius 3 is 2.51 bits per heavy atom. The molecule has 176 valence electrons. The number of rotatable bonds is 6. The average molecular weight is 470 g/mol. The van der Waals surface area contributed by atoms with E-state index in [9.17, 15) is 4.79 Å². The fraction of sp³-hybridized carbons (Fsp3) is 0.160. The van der Waals surface area contributed by atoms with Gasteiger partial charge in [0, 0.05) is 29.7 Å². The number of hydrogen-bond donors (Lipinski definition) is 2. The molecule has 35 heavy (non-hydrogen) atoms. The van der Waals surface area contributed by atoms with Crippen LogP contribution >= 0.6 is 0 Å². The summed E-state index contributed by atoms with van der Waals surface area (Å²) in [6.07, 6.45) is 4.93. The topological polar surface area (TPSA) is 116 Å². The zero-order valence-electron chi connectivity index (χ0n) is 19.4. The van der Waals surface area contributed by atoms with Crippen molar-refractivity contribution < 1.29 is 14.3 Å². The average Bonchev–Trinajstić information content (AvgIpc) is 3.32. The molecule has 0 bridgehead atoms. The maximum absolute atomic E-state index is 13.5. The summed E-state index contributed by atoms with van der Waals surface area (Å²) in [7, 11) is 3.17. The lowest BCUT2D eigenvalue weighted by Crippen LogP contribution is -2.32. The van der Waals surface area contributed by atoms with Crippen LogP contribution in [0.1, 0.15) is 18.7 Å². The SMILES string of the molecule is COc1cc(OC)cc(-c2nc3n(n2)[C@@H](c2ccccn2)C(C(=O)Nc2cccnc2)=C(C)N3)c1. The smallest absolute Gasteiger partial charge is 0.255 e. The molecule has 4 heterocycles. The summed E-state index contributed by atoms with van der Waals surface area (Å²) in [5.41, 5.74) is 3.08. The summed E-state index contributed by atoms with van der Waals surface area (Å²) < 4.78 is 12.5. The third-order valence-electron chi connectivity index (χ3n) is 5.59. The summed E-state index contributed by atoms with van der Waals surface area (Å²) >= 11 is 0. The van der Waals surface area contributed by atoms with Gasteiger partial charge in [-0.3, -0.25) is 14.8 Å². The number of nitrogens with zero attached hydrogens (tertiary/aromatic N) is 5. The van der Waals surface area contributed by atoms with E-state index < -0.39 is 6.04 Å². The first kappa shape index (κ1) is 22.1. The van der Waals surface area contributed by atoms with Gasteiger partial charge in [0.2, 0.25) is 5.95 Å². The van der Waals surface area contributed by atoms with Crippen molar-refractivity contribution in [1.29, 1.82) is 0 Å². The summed E-state index contributed by atoms with van der Waals surface area (Å²) in [6, 6.07) is 13.9. The molecular formula is C25H23N7O3. The number of aromatic nitrogens is 5. The molecule has 5 rings (SSSR count). The van der Waals surface area contributed by atoms with E-state index in [1.807, 2.05) is 37.3 Å². The van der Waals surface area contributed by atoms with E-state index in [-0.39, 0.29) is 5.91 Å². The van der Waals surface area contributed by atoms with Crippen molar-refractivity contribution in [3.05, 3.63) is 84.1 Å². The van der Waals surface area contributed by atoms with Gasteiger partial charge >= 0.3 is 0 Å². The Morgan fingerprint density at radius 1 is 1.06 bits per heavy atom. The molecule has 0 radical (unpaired) electrons. The zero-order chi connectivity index (χ0) is 24.4. The van der Waals surface area contributed by atoms with Gasteiger partial charge < -0.3 is 20.1 Å². The highest BCUT2D eigenvalue weighted by Gasteiger charge is 2.35. The normalized spacial score (nSPS) is 14.7. The molecular weight excluding hydrogens is 446 g/mol. The zero-order valence-corrected chi connectivity index (χ0v) is 19.4. The number of ether oxygens (including phenoxy) is 2. The van der Waals surface area contributed by atoms with Gasteiger partial charge in [-0.2, -0.15) is 4.98 Å². The van der Waals surface area contributed by atoms with Crippen LogP contribution in [-0.4, -0.2) is 44.9 Å². The second kappa shape index (κ2) is 9.26. The molecule has 1 aromatic carbocycles. The third-order valence-corrected chi connectivity index (χ3v) is 5.59. The highest BCUT2D eigenvalue weighted by molar-refractivity contribution is 6.05. The van der Waals surface area contributed by atoms with Gasteiger partial charge in [0.1, 0.15) is 17.5 Å². The Labute approximate surface area is 201 Å². The van der Waals surface area contributed by atoms with Crippen LogP contribution in [-0.2, 0) is 4.79 Å². The molecule has 0 unspecified atom stereocenters. The first-order chi connectivity index (χ1) is 17.1. The molecule has 0 fully saturated rings. The standard InChI is InChI=1S/C25H23N7O3/c1-15-21(24(33)29-17-7-6-9-26-14-17)22(20-8-4-5-10-27-20)32-25(28-15)30-23(31-32)16-11-18(34-2)13-19(12-16)35-3/h4-14,22H,1-3H3,(H,29,33)(H,28,30,31)/t22-/m0/s1. The summed E-state index contributed by atoms with van der Waals surface area (Å²) in [6.45, 7) is 1.83. The Balaban J connectivity index is 1.60. The largest absolute Gasteiger partial charge is 0.497 e. The predicted molar refractivity (Wildman–Crippen MR) is 130 cm³/mol. The van der Waals surface area contributed by atoms with Gasteiger partial charge in [-0.05, 0) is 43.3 Å². The minimum Gasteiger partial charge on any atom is -0.497 e. The van der Waals surface area contributed by atoms with Crippen molar-refractivity contribution in [2.24, 2.45) is 0 Å². The van der Waals surface area contributed by atoms with Crippen molar-refractivity contribution >= 4 is 17.5 Å². The molecule has 4 aromatic rings. The van der Waals surface area contributed by atoms with Crippen LogP contribution in [0.3, 0.4) is 0 Å². The van der Waals surface area contributed by atoms with Gasteiger partial charge in [0.15, 0.2) is 5.82 Å². The van der Waals surface area contributed by atoms with Crippen LogP contribution in [0.5, 0.6) is 11.5 Å². The highest BCUT2D eigenvalue weighted by atomic mass is 16.5. The van der Waals surface area contributed by atoms with Crippen LogP contribution in [0.4, 0.5) is 11.6 Å². The molecule has 1 amide bonds. The molecule has 1 aliphatic rings. The number of hydrogen-bond acceptors (Lipinski definition) is 8. The van der Waals surface area contributed by atoms with E-state index in [0.717, 1.165) is 0 Å². The van der Waals surface area contributed by atoms with E-state index >= 15 is 0 Å². The maximum Gasteiger partial charge on any atom is 0.255 e. The maximum atomic E-state index is 13.5. The number of carbonyl (C=O) groups excluding carboxylic acids is 1. The first-order valence-electron chi connectivity index (χ1n) is 10.9. The number of allylic oxidation sites excluding steroid dienone is 1. The summed E-state index contributed by atoms with van der Waals surface area (Å²) in [5.74, 6) is 1.89. The van der Waals surface area contributed by atoms with E-state index in [4.69, 9.17) is 19.6 Å². The summed E-state index contributed by atoms with van der Waals surface area (Å²) in [4.78, 5) is 26.8. The lowest BCUT2D eigenvalue weighted by atomic mass is 9.98. The number of fused-ring (bicyclic) bond motifs is 1. The van der Waals surface area contributed by atoms with Crippen molar-refractivity contribution in [1.82, 2.24) is 24.7 Å². The lowest BCUT2D eigenvalue weighted by molar-refractivity contribution is -0.113. The van der Waals surface area contributed by atoms with E-state index in [1.54, 1.807) is 55.7 Å². The number of nitrogens with one attached hydrogen (secondary N) is 2. The van der Waals surface area contributed by atoms with E-state index in [1.165, 1.54) is 0 Å². The Hall–Kier alpha value is -4.73. The minimum absolute atomic E-state index is 0.288. The number of benzene rings is 1. The van der Waals surface area contributed by atoms with E-state index in [0.29, 0.717) is 51.5 Å². The summed E-state index contributed by atoms with van der Waals surface area (Å²) in [5, 5.41) is 10.9.